The minimum absolute atomic E-state index is 0. The number of nitrogens with two attached hydrogens (primary N) is 1. The number of fused-ring (bicyclic) bond motifs is 1. The maximum Gasteiger partial charge on any atom is 0.247 e. The second-order valence-corrected chi connectivity index (χ2v) is 6.03. The zero-order valence-corrected chi connectivity index (χ0v) is 12.2. The average Bonchev–Trinajstić information content (AvgIpc) is 3.33. The van der Waals surface area contributed by atoms with Gasteiger partial charge in [0.1, 0.15) is 0 Å². The number of rotatable bonds is 2. The standard InChI is InChI=1S/C15H19N3O.ClH/c16-15(7-8-15)14(19)18-10-9-17(11-5-6-11)12-3-1-2-4-13(12)18;/h1-4,11H,5-10,16H2;1H. The van der Waals surface area contributed by atoms with Crippen molar-refractivity contribution in [2.24, 2.45) is 5.73 Å². The number of carbonyl (C=O) groups is 1. The van der Waals surface area contributed by atoms with Crippen LogP contribution in [-0.4, -0.2) is 30.6 Å². The van der Waals surface area contributed by atoms with Gasteiger partial charge in [0.2, 0.25) is 5.91 Å². The number of carbonyl (C=O) groups excluding carboxylic acids is 1. The van der Waals surface area contributed by atoms with Crippen molar-refractivity contribution in [3.05, 3.63) is 24.3 Å². The Kier molecular flexibility index (Phi) is 3.18. The van der Waals surface area contributed by atoms with Gasteiger partial charge < -0.3 is 15.5 Å². The molecule has 4 nitrogen and oxygen atoms in total. The minimum Gasteiger partial charge on any atom is -0.365 e. The minimum atomic E-state index is -0.575. The molecule has 0 unspecified atom stereocenters. The fourth-order valence-corrected chi connectivity index (χ4v) is 2.98. The molecule has 0 aromatic heterocycles. The maximum atomic E-state index is 12.5. The van der Waals surface area contributed by atoms with Crippen molar-refractivity contribution in [3.8, 4) is 0 Å². The average molecular weight is 294 g/mol. The van der Waals surface area contributed by atoms with E-state index in [-0.39, 0.29) is 18.3 Å². The summed E-state index contributed by atoms with van der Waals surface area (Å²) < 4.78 is 0. The Morgan fingerprint density at radius 1 is 1.15 bits per heavy atom. The van der Waals surface area contributed by atoms with Crippen LogP contribution in [0.25, 0.3) is 0 Å². The van der Waals surface area contributed by atoms with Gasteiger partial charge in [-0.2, -0.15) is 0 Å². The van der Waals surface area contributed by atoms with Gasteiger partial charge in [-0.1, -0.05) is 12.1 Å². The zero-order chi connectivity index (χ0) is 13.0. The van der Waals surface area contributed by atoms with Crippen LogP contribution in [0.5, 0.6) is 0 Å². The van der Waals surface area contributed by atoms with Gasteiger partial charge >= 0.3 is 0 Å². The van der Waals surface area contributed by atoms with Gasteiger partial charge in [0.25, 0.3) is 0 Å². The molecule has 1 aromatic rings. The van der Waals surface area contributed by atoms with Crippen LogP contribution < -0.4 is 15.5 Å². The Morgan fingerprint density at radius 3 is 2.40 bits per heavy atom. The zero-order valence-electron chi connectivity index (χ0n) is 11.4. The van der Waals surface area contributed by atoms with Crippen LogP contribution in [0.4, 0.5) is 11.4 Å². The van der Waals surface area contributed by atoms with Gasteiger partial charge in [-0.3, -0.25) is 4.79 Å². The third kappa shape index (κ3) is 2.07. The molecule has 0 radical (unpaired) electrons. The van der Waals surface area contributed by atoms with Crippen LogP contribution in [0.1, 0.15) is 25.7 Å². The molecule has 1 aliphatic heterocycles. The van der Waals surface area contributed by atoms with E-state index >= 15 is 0 Å². The van der Waals surface area contributed by atoms with Gasteiger partial charge in [-0.25, -0.2) is 0 Å². The van der Waals surface area contributed by atoms with E-state index in [1.807, 2.05) is 17.0 Å². The molecule has 0 bridgehead atoms. The van der Waals surface area contributed by atoms with Gasteiger partial charge in [0.05, 0.1) is 16.9 Å². The molecule has 3 aliphatic rings. The highest BCUT2D eigenvalue weighted by molar-refractivity contribution is 6.05. The second kappa shape index (κ2) is 4.64. The van der Waals surface area contributed by atoms with E-state index in [1.165, 1.54) is 18.5 Å². The first-order valence-corrected chi connectivity index (χ1v) is 7.16. The molecule has 2 fully saturated rings. The Morgan fingerprint density at radius 2 is 1.80 bits per heavy atom. The Labute approximate surface area is 125 Å². The molecule has 4 rings (SSSR count). The summed E-state index contributed by atoms with van der Waals surface area (Å²) >= 11 is 0. The first-order chi connectivity index (χ1) is 9.19. The molecule has 0 atom stereocenters. The Balaban J connectivity index is 0.00000121. The lowest BCUT2D eigenvalue weighted by molar-refractivity contribution is -0.120. The highest BCUT2D eigenvalue weighted by Gasteiger charge is 2.49. The summed E-state index contributed by atoms with van der Waals surface area (Å²) in [7, 11) is 0. The van der Waals surface area contributed by atoms with Crippen LogP contribution in [0, 0.1) is 0 Å². The van der Waals surface area contributed by atoms with Crippen LogP contribution in [0.3, 0.4) is 0 Å². The summed E-state index contributed by atoms with van der Waals surface area (Å²) in [6.07, 6.45) is 4.22. The quantitative estimate of drug-likeness (QED) is 0.906. The van der Waals surface area contributed by atoms with Crippen LogP contribution in [-0.2, 0) is 4.79 Å². The molecule has 5 heteroatoms. The number of para-hydroxylation sites is 2. The highest BCUT2D eigenvalue weighted by atomic mass is 35.5. The van der Waals surface area contributed by atoms with Crippen molar-refractivity contribution >= 4 is 29.7 Å². The fourth-order valence-electron chi connectivity index (χ4n) is 2.98. The molecule has 0 spiro atoms. The Hall–Kier alpha value is -1.26. The topological polar surface area (TPSA) is 49.6 Å². The van der Waals surface area contributed by atoms with Crippen molar-refractivity contribution in [2.45, 2.75) is 37.3 Å². The van der Waals surface area contributed by atoms with E-state index in [9.17, 15) is 4.79 Å². The van der Waals surface area contributed by atoms with Crippen molar-refractivity contribution < 1.29 is 4.79 Å². The number of amides is 1. The molecule has 1 aromatic carbocycles. The molecule has 2 saturated carbocycles. The summed E-state index contributed by atoms with van der Waals surface area (Å²) in [5, 5.41) is 0. The van der Waals surface area contributed by atoms with E-state index in [2.05, 4.69) is 17.0 Å². The van der Waals surface area contributed by atoms with E-state index in [1.54, 1.807) is 0 Å². The van der Waals surface area contributed by atoms with Crippen LogP contribution in [0.2, 0.25) is 0 Å². The first-order valence-electron chi connectivity index (χ1n) is 7.16. The number of hydrogen-bond acceptors (Lipinski definition) is 3. The van der Waals surface area contributed by atoms with Crippen molar-refractivity contribution in [2.75, 3.05) is 22.9 Å². The summed E-state index contributed by atoms with van der Waals surface area (Å²) in [5.41, 5.74) is 7.75. The fraction of sp³-hybridized carbons (Fsp3) is 0.533. The van der Waals surface area contributed by atoms with Gasteiger partial charge in [0.15, 0.2) is 0 Å². The van der Waals surface area contributed by atoms with E-state index in [0.29, 0.717) is 6.04 Å². The Bertz CT molecular complexity index is 540. The van der Waals surface area contributed by atoms with Crippen LogP contribution >= 0.6 is 12.4 Å². The van der Waals surface area contributed by atoms with E-state index in [4.69, 9.17) is 5.73 Å². The summed E-state index contributed by atoms with van der Waals surface area (Å²) in [4.78, 5) is 16.9. The SMILES string of the molecule is Cl.NC1(C(=O)N2CCN(C3CC3)c3ccccc32)CC1. The molecular weight excluding hydrogens is 274 g/mol. The lowest BCUT2D eigenvalue weighted by Crippen LogP contribution is -2.51. The predicted molar refractivity (Wildman–Crippen MR) is 82.6 cm³/mol. The molecular formula is C15H20ClN3O. The first kappa shape index (κ1) is 13.7. The van der Waals surface area contributed by atoms with Crippen molar-refractivity contribution in [1.82, 2.24) is 0 Å². The van der Waals surface area contributed by atoms with Gasteiger partial charge in [-0.15, -0.1) is 12.4 Å². The molecule has 20 heavy (non-hydrogen) atoms. The molecule has 1 heterocycles. The van der Waals surface area contributed by atoms with Crippen molar-refractivity contribution in [3.63, 3.8) is 0 Å². The monoisotopic (exact) mass is 293 g/mol. The van der Waals surface area contributed by atoms with E-state index < -0.39 is 5.54 Å². The normalized spacial score (nSPS) is 22.9. The summed E-state index contributed by atoms with van der Waals surface area (Å²) in [6.45, 7) is 1.70. The molecule has 108 valence electrons. The van der Waals surface area contributed by atoms with Crippen molar-refractivity contribution in [1.29, 1.82) is 0 Å². The third-order valence-electron chi connectivity index (χ3n) is 4.49. The summed E-state index contributed by atoms with van der Waals surface area (Å²) in [5.74, 6) is 0.107. The molecule has 2 aliphatic carbocycles. The number of anilines is 2. The molecule has 0 saturated heterocycles. The molecule has 1 amide bonds. The van der Waals surface area contributed by atoms with E-state index in [0.717, 1.165) is 31.6 Å². The number of hydrogen-bond donors (Lipinski definition) is 1. The lowest BCUT2D eigenvalue weighted by atomic mass is 10.1. The highest BCUT2D eigenvalue weighted by Crippen LogP contribution is 2.42. The lowest BCUT2D eigenvalue weighted by Gasteiger charge is -2.39. The number of benzene rings is 1. The number of nitrogens with zero attached hydrogens (tertiary/aromatic N) is 2. The largest absolute Gasteiger partial charge is 0.365 e. The maximum absolute atomic E-state index is 12.5. The van der Waals surface area contributed by atoms with Gasteiger partial charge in [0, 0.05) is 19.1 Å². The van der Waals surface area contributed by atoms with Crippen LogP contribution in [0.15, 0.2) is 24.3 Å². The molecule has 2 N–H and O–H groups in total. The number of halogens is 1. The predicted octanol–water partition coefficient (Wildman–Crippen LogP) is 1.92. The smallest absolute Gasteiger partial charge is 0.247 e. The third-order valence-corrected chi connectivity index (χ3v) is 4.49. The van der Waals surface area contributed by atoms with Gasteiger partial charge in [-0.05, 0) is 37.8 Å². The second-order valence-electron chi connectivity index (χ2n) is 6.03. The summed E-state index contributed by atoms with van der Waals surface area (Å²) in [6, 6.07) is 8.92.